The van der Waals surface area contributed by atoms with Crippen LogP contribution in [-0.2, 0) is 0 Å². The minimum absolute atomic E-state index is 0.835. The maximum absolute atomic E-state index is 6.46. The van der Waals surface area contributed by atoms with Gasteiger partial charge in [-0.05, 0) is 103 Å². The highest BCUT2D eigenvalue weighted by atomic mass is 32.2. The van der Waals surface area contributed by atoms with E-state index in [1.165, 1.54) is 32.3 Å². The van der Waals surface area contributed by atoms with Gasteiger partial charge >= 0.3 is 0 Å². The first-order valence-corrected chi connectivity index (χ1v) is 17.3. The van der Waals surface area contributed by atoms with Crippen molar-refractivity contribution in [3.63, 3.8) is 0 Å². The highest BCUT2D eigenvalue weighted by Gasteiger charge is 2.20. The second-order valence-electron chi connectivity index (χ2n) is 12.5. The third kappa shape index (κ3) is 4.74. The first-order valence-electron chi connectivity index (χ1n) is 16.5. The summed E-state index contributed by atoms with van der Waals surface area (Å²) in [5, 5.41) is 7.61. The lowest BCUT2D eigenvalue weighted by atomic mass is 9.89. The van der Waals surface area contributed by atoms with Crippen molar-refractivity contribution in [3.05, 3.63) is 170 Å². The highest BCUT2D eigenvalue weighted by Crippen LogP contribution is 2.49. The van der Waals surface area contributed by atoms with Gasteiger partial charge in [0.1, 0.15) is 23.0 Å². The Bertz CT molecular complexity index is 2690. The summed E-state index contributed by atoms with van der Waals surface area (Å²) in [7, 11) is 0. The van der Waals surface area contributed by atoms with Crippen molar-refractivity contribution in [3.8, 4) is 56.4 Å². The van der Waals surface area contributed by atoms with Gasteiger partial charge in [0.05, 0.1) is 9.79 Å². The van der Waals surface area contributed by atoms with E-state index in [0.717, 1.165) is 66.2 Å². The van der Waals surface area contributed by atoms with Gasteiger partial charge in [0.25, 0.3) is 0 Å². The third-order valence-corrected chi connectivity index (χ3v) is 10.7. The molecule has 1 aliphatic heterocycles. The Balaban J connectivity index is 1.16. The molecule has 0 spiro atoms. The minimum Gasteiger partial charge on any atom is -0.456 e. The Morgan fingerprint density at radius 3 is 1.67 bits per heavy atom. The predicted molar refractivity (Wildman–Crippen MR) is 204 cm³/mol. The molecule has 0 fully saturated rings. The second kappa shape index (κ2) is 11.3. The molecule has 0 aliphatic carbocycles. The molecule has 10 rings (SSSR count). The zero-order valence-corrected chi connectivity index (χ0v) is 27.2. The summed E-state index contributed by atoms with van der Waals surface area (Å²) in [5.74, 6) is 3.45. The van der Waals surface area contributed by atoms with Crippen LogP contribution >= 0.6 is 11.8 Å². The van der Waals surface area contributed by atoms with Crippen molar-refractivity contribution in [1.29, 1.82) is 0 Å². The molecule has 2 nitrogen and oxygen atoms in total. The predicted octanol–water partition coefficient (Wildman–Crippen LogP) is 13.7. The number of rotatable bonds is 4. The van der Waals surface area contributed by atoms with Crippen molar-refractivity contribution in [1.82, 2.24) is 0 Å². The van der Waals surface area contributed by atoms with Crippen molar-refractivity contribution in [2.75, 3.05) is 0 Å². The maximum atomic E-state index is 6.46. The Labute approximate surface area is 288 Å². The van der Waals surface area contributed by atoms with Crippen LogP contribution in [0.25, 0.3) is 77.2 Å². The summed E-state index contributed by atoms with van der Waals surface area (Å²) >= 11 is 1.75. The molecule has 3 heteroatoms. The first-order chi connectivity index (χ1) is 24.3. The van der Waals surface area contributed by atoms with Gasteiger partial charge in [-0.2, -0.15) is 0 Å². The minimum atomic E-state index is 0.835. The van der Waals surface area contributed by atoms with Gasteiger partial charge < -0.3 is 9.15 Å². The van der Waals surface area contributed by atoms with E-state index in [1.54, 1.807) is 11.8 Å². The topological polar surface area (TPSA) is 22.4 Å². The quantitative estimate of drug-likeness (QED) is 0.178. The van der Waals surface area contributed by atoms with Crippen LogP contribution in [0.2, 0.25) is 0 Å². The number of furan rings is 1. The second-order valence-corrected chi connectivity index (χ2v) is 13.5. The Hall–Kier alpha value is -6.03. The summed E-state index contributed by atoms with van der Waals surface area (Å²) in [6.07, 6.45) is 0. The average Bonchev–Trinajstić information content (AvgIpc) is 3.68. The SMILES string of the molecule is c1ccc(-c2ccc(-c3ccc(-c4ccc5c6ccccc6c6ccccc6c5c4)c(-c4ccc5c(c4)Oc4ccccc4S5)c3)o2)cc1. The van der Waals surface area contributed by atoms with E-state index in [2.05, 4.69) is 140 Å². The molecule has 1 aromatic heterocycles. The van der Waals surface area contributed by atoms with Crippen LogP contribution in [0.15, 0.2) is 184 Å². The zero-order chi connectivity index (χ0) is 32.3. The Kier molecular flexibility index (Phi) is 6.46. The standard InChI is InChI=1S/C46H28O2S/c1-2-10-29(11-3-1)41-23-24-42(47-41)32-19-21-33(39(27-32)31-20-25-46-44(28-31)48-43-16-8-9-17-45(43)49-46)30-18-22-38-36-14-5-4-12-34(36)35-13-6-7-15-37(35)40(38)26-30/h1-28H. The van der Waals surface area contributed by atoms with E-state index in [1.807, 2.05) is 30.3 Å². The van der Waals surface area contributed by atoms with Crippen LogP contribution in [0, 0.1) is 0 Å². The van der Waals surface area contributed by atoms with Gasteiger partial charge in [-0.15, -0.1) is 0 Å². The Morgan fingerprint density at radius 2 is 0.898 bits per heavy atom. The smallest absolute Gasteiger partial charge is 0.142 e. The third-order valence-electron chi connectivity index (χ3n) is 9.57. The summed E-state index contributed by atoms with van der Waals surface area (Å²) in [6, 6.07) is 60.3. The maximum Gasteiger partial charge on any atom is 0.142 e. The van der Waals surface area contributed by atoms with Crippen molar-refractivity contribution in [2.45, 2.75) is 9.79 Å². The van der Waals surface area contributed by atoms with Crippen LogP contribution in [0.5, 0.6) is 11.5 Å². The first kappa shape index (κ1) is 28.0. The van der Waals surface area contributed by atoms with E-state index >= 15 is 0 Å². The van der Waals surface area contributed by atoms with Gasteiger partial charge in [0.2, 0.25) is 0 Å². The highest BCUT2D eigenvalue weighted by molar-refractivity contribution is 7.99. The number of fused-ring (bicyclic) bond motifs is 8. The number of benzene rings is 8. The molecule has 0 radical (unpaired) electrons. The van der Waals surface area contributed by atoms with Crippen LogP contribution in [0.1, 0.15) is 0 Å². The molecule has 8 aromatic carbocycles. The van der Waals surface area contributed by atoms with Crippen LogP contribution < -0.4 is 4.74 Å². The van der Waals surface area contributed by atoms with E-state index in [9.17, 15) is 0 Å². The van der Waals surface area contributed by atoms with Crippen LogP contribution in [-0.4, -0.2) is 0 Å². The molecule has 230 valence electrons. The zero-order valence-electron chi connectivity index (χ0n) is 26.4. The van der Waals surface area contributed by atoms with Gasteiger partial charge in [-0.1, -0.05) is 133 Å². The largest absolute Gasteiger partial charge is 0.456 e. The summed E-state index contributed by atoms with van der Waals surface area (Å²) in [6.45, 7) is 0. The molecule has 9 aromatic rings. The molecular weight excluding hydrogens is 617 g/mol. The van der Waals surface area contributed by atoms with Gasteiger partial charge in [0, 0.05) is 11.1 Å². The van der Waals surface area contributed by atoms with Crippen LogP contribution in [0.4, 0.5) is 0 Å². The summed E-state index contributed by atoms with van der Waals surface area (Å²) in [5.41, 5.74) is 6.62. The summed E-state index contributed by atoms with van der Waals surface area (Å²) in [4.78, 5) is 2.25. The van der Waals surface area contributed by atoms with Crippen molar-refractivity contribution < 1.29 is 9.15 Å². The van der Waals surface area contributed by atoms with E-state index in [4.69, 9.17) is 9.15 Å². The molecule has 0 saturated carbocycles. The molecule has 49 heavy (non-hydrogen) atoms. The van der Waals surface area contributed by atoms with Crippen molar-refractivity contribution >= 4 is 44.1 Å². The summed E-state index contributed by atoms with van der Waals surface area (Å²) < 4.78 is 12.9. The lowest BCUT2D eigenvalue weighted by Crippen LogP contribution is -1.95. The van der Waals surface area contributed by atoms with Gasteiger partial charge in [-0.3, -0.25) is 0 Å². The normalized spacial score (nSPS) is 12.2. The Morgan fingerprint density at radius 1 is 0.327 bits per heavy atom. The monoisotopic (exact) mass is 644 g/mol. The molecule has 0 N–H and O–H groups in total. The molecule has 0 saturated heterocycles. The van der Waals surface area contributed by atoms with Crippen molar-refractivity contribution in [2.24, 2.45) is 0 Å². The molecular formula is C46H28O2S. The molecule has 0 atom stereocenters. The van der Waals surface area contributed by atoms with Gasteiger partial charge in [-0.25, -0.2) is 0 Å². The lowest BCUT2D eigenvalue weighted by Gasteiger charge is -2.21. The van der Waals surface area contributed by atoms with Crippen LogP contribution in [0.3, 0.4) is 0 Å². The molecule has 2 heterocycles. The fourth-order valence-corrected chi connectivity index (χ4v) is 8.14. The molecule has 1 aliphatic rings. The number of para-hydroxylation sites is 1. The fraction of sp³-hybridized carbons (Fsp3) is 0. The lowest BCUT2D eigenvalue weighted by molar-refractivity contribution is 0.455. The molecule has 0 bridgehead atoms. The van der Waals surface area contributed by atoms with Gasteiger partial charge in [0.15, 0.2) is 0 Å². The molecule has 0 unspecified atom stereocenters. The number of hydrogen-bond acceptors (Lipinski definition) is 3. The number of hydrogen-bond donors (Lipinski definition) is 0. The van der Waals surface area contributed by atoms with E-state index in [0.29, 0.717) is 0 Å². The van der Waals surface area contributed by atoms with E-state index in [-0.39, 0.29) is 0 Å². The average molecular weight is 645 g/mol. The molecule has 0 amide bonds. The fourth-order valence-electron chi connectivity index (χ4n) is 7.21. The van der Waals surface area contributed by atoms with E-state index < -0.39 is 0 Å². The number of ether oxygens (including phenoxy) is 1.